The van der Waals surface area contributed by atoms with Gasteiger partial charge >= 0.3 is 5.97 Å². The largest absolute Gasteiger partial charge is 0.481 e. The van der Waals surface area contributed by atoms with Gasteiger partial charge in [0.1, 0.15) is 11.2 Å². The second-order valence-electron chi connectivity index (χ2n) is 3.87. The van der Waals surface area contributed by atoms with E-state index in [2.05, 4.69) is 9.97 Å². The molecular weight excluding hydrogens is 180 g/mol. The van der Waals surface area contributed by atoms with Gasteiger partial charge in [0.15, 0.2) is 0 Å². The molecular formula is C10H14N2O2. The lowest BCUT2D eigenvalue weighted by atomic mass is 9.89. The number of carboxylic acid groups (broad SMARTS) is 1. The van der Waals surface area contributed by atoms with Crippen molar-refractivity contribution in [1.29, 1.82) is 0 Å². The van der Waals surface area contributed by atoms with Crippen molar-refractivity contribution in [2.75, 3.05) is 0 Å². The molecule has 1 rings (SSSR count). The lowest BCUT2D eigenvalue weighted by Gasteiger charge is -2.18. The van der Waals surface area contributed by atoms with Crippen molar-refractivity contribution in [1.82, 2.24) is 9.97 Å². The Morgan fingerprint density at radius 1 is 1.36 bits per heavy atom. The number of aliphatic carboxylic acids is 1. The van der Waals surface area contributed by atoms with Crippen molar-refractivity contribution in [2.24, 2.45) is 0 Å². The van der Waals surface area contributed by atoms with Crippen molar-refractivity contribution < 1.29 is 9.90 Å². The topological polar surface area (TPSA) is 63.1 Å². The molecule has 0 radical (unpaired) electrons. The van der Waals surface area contributed by atoms with Crippen LogP contribution in [0.4, 0.5) is 0 Å². The lowest BCUT2D eigenvalue weighted by molar-refractivity contribution is -0.142. The highest BCUT2D eigenvalue weighted by atomic mass is 16.4. The molecule has 0 aromatic carbocycles. The number of carbonyl (C=O) groups is 1. The third kappa shape index (κ3) is 1.89. The number of hydrogen-bond donors (Lipinski definition) is 1. The summed E-state index contributed by atoms with van der Waals surface area (Å²) in [6.45, 7) is 6.86. The molecule has 0 fully saturated rings. The van der Waals surface area contributed by atoms with Gasteiger partial charge in [0, 0.05) is 5.69 Å². The van der Waals surface area contributed by atoms with Crippen LogP contribution in [0.3, 0.4) is 0 Å². The van der Waals surface area contributed by atoms with Crippen LogP contribution in [0, 0.1) is 13.8 Å². The molecule has 1 N–H and O–H groups in total. The molecule has 76 valence electrons. The smallest absolute Gasteiger partial charge is 0.315 e. The fraction of sp³-hybridized carbons (Fsp3) is 0.500. The van der Waals surface area contributed by atoms with Crippen LogP contribution in [-0.2, 0) is 10.2 Å². The molecule has 0 amide bonds. The van der Waals surface area contributed by atoms with Gasteiger partial charge < -0.3 is 5.11 Å². The average molecular weight is 194 g/mol. The van der Waals surface area contributed by atoms with E-state index in [4.69, 9.17) is 5.11 Å². The highest BCUT2D eigenvalue weighted by Crippen LogP contribution is 2.21. The highest BCUT2D eigenvalue weighted by molar-refractivity contribution is 5.79. The Bertz CT molecular complexity index is 352. The van der Waals surface area contributed by atoms with Gasteiger partial charge in [-0.15, -0.1) is 0 Å². The summed E-state index contributed by atoms with van der Waals surface area (Å²) in [6.07, 6.45) is 0. The first-order valence-corrected chi connectivity index (χ1v) is 4.40. The minimum Gasteiger partial charge on any atom is -0.481 e. The van der Waals surface area contributed by atoms with Crippen LogP contribution in [0.1, 0.15) is 31.1 Å². The molecule has 0 aliphatic heterocycles. The Labute approximate surface area is 83.0 Å². The van der Waals surface area contributed by atoms with Crippen molar-refractivity contribution in [3.8, 4) is 0 Å². The number of aromatic nitrogens is 2. The highest BCUT2D eigenvalue weighted by Gasteiger charge is 2.31. The first-order chi connectivity index (χ1) is 6.34. The Morgan fingerprint density at radius 3 is 2.36 bits per heavy atom. The molecule has 0 saturated heterocycles. The zero-order valence-corrected chi connectivity index (χ0v) is 8.83. The molecule has 0 aliphatic rings. The summed E-state index contributed by atoms with van der Waals surface area (Å²) in [5.41, 5.74) is 0.384. The number of carboxylic acids is 1. The number of hydrogen-bond acceptors (Lipinski definition) is 3. The van der Waals surface area contributed by atoms with Gasteiger partial charge in [0.2, 0.25) is 0 Å². The molecule has 0 aliphatic carbocycles. The van der Waals surface area contributed by atoms with E-state index >= 15 is 0 Å². The molecule has 14 heavy (non-hydrogen) atoms. The van der Waals surface area contributed by atoms with E-state index in [1.807, 2.05) is 6.92 Å². The minimum absolute atomic E-state index is 0.551. The molecule has 4 heteroatoms. The Kier molecular flexibility index (Phi) is 2.55. The summed E-state index contributed by atoms with van der Waals surface area (Å²) < 4.78 is 0. The van der Waals surface area contributed by atoms with E-state index < -0.39 is 11.4 Å². The molecule has 0 bridgehead atoms. The molecule has 0 spiro atoms. The van der Waals surface area contributed by atoms with Crippen molar-refractivity contribution in [2.45, 2.75) is 33.1 Å². The van der Waals surface area contributed by atoms with Crippen molar-refractivity contribution in [3.05, 3.63) is 23.3 Å². The van der Waals surface area contributed by atoms with Crippen LogP contribution in [0.5, 0.6) is 0 Å². The zero-order valence-electron chi connectivity index (χ0n) is 8.83. The van der Waals surface area contributed by atoms with Crippen LogP contribution in [0.15, 0.2) is 6.07 Å². The SMILES string of the molecule is Cc1cc(C(C)(C)C(=O)O)nc(C)n1. The summed E-state index contributed by atoms with van der Waals surface area (Å²) in [4.78, 5) is 19.2. The second-order valence-corrected chi connectivity index (χ2v) is 3.87. The van der Waals surface area contributed by atoms with Gasteiger partial charge in [-0.2, -0.15) is 0 Å². The van der Waals surface area contributed by atoms with E-state index in [-0.39, 0.29) is 0 Å². The Hall–Kier alpha value is -1.45. The van der Waals surface area contributed by atoms with Gasteiger partial charge in [0.25, 0.3) is 0 Å². The van der Waals surface area contributed by atoms with Crippen LogP contribution >= 0.6 is 0 Å². The van der Waals surface area contributed by atoms with E-state index in [9.17, 15) is 4.79 Å². The molecule has 1 aromatic rings. The predicted molar refractivity (Wildman–Crippen MR) is 52.2 cm³/mol. The average Bonchev–Trinajstić information content (AvgIpc) is 2.01. The summed E-state index contributed by atoms with van der Waals surface area (Å²) in [7, 11) is 0. The maximum atomic E-state index is 11.0. The molecule has 0 atom stereocenters. The number of aryl methyl sites for hydroxylation is 2. The van der Waals surface area contributed by atoms with E-state index in [0.717, 1.165) is 5.69 Å². The summed E-state index contributed by atoms with van der Waals surface area (Å²) in [6, 6.07) is 1.71. The fourth-order valence-corrected chi connectivity index (χ4v) is 1.15. The Balaban J connectivity index is 3.25. The van der Waals surface area contributed by atoms with Gasteiger partial charge in [0.05, 0.1) is 5.69 Å². The van der Waals surface area contributed by atoms with E-state index in [1.54, 1.807) is 26.8 Å². The summed E-state index contributed by atoms with van der Waals surface area (Å²) in [5, 5.41) is 9.02. The fourth-order valence-electron chi connectivity index (χ4n) is 1.15. The van der Waals surface area contributed by atoms with Crippen LogP contribution < -0.4 is 0 Å². The molecule has 0 saturated carbocycles. The van der Waals surface area contributed by atoms with Gasteiger partial charge in [-0.1, -0.05) is 0 Å². The molecule has 0 unspecified atom stereocenters. The van der Waals surface area contributed by atoms with Crippen molar-refractivity contribution >= 4 is 5.97 Å². The third-order valence-electron chi connectivity index (χ3n) is 2.14. The second kappa shape index (κ2) is 3.36. The maximum absolute atomic E-state index is 11.0. The van der Waals surface area contributed by atoms with Gasteiger partial charge in [-0.3, -0.25) is 4.79 Å². The van der Waals surface area contributed by atoms with E-state index in [0.29, 0.717) is 11.5 Å². The molecule has 1 aromatic heterocycles. The minimum atomic E-state index is -0.960. The van der Waals surface area contributed by atoms with Gasteiger partial charge in [-0.05, 0) is 33.8 Å². The maximum Gasteiger partial charge on any atom is 0.315 e. The number of rotatable bonds is 2. The van der Waals surface area contributed by atoms with Crippen LogP contribution in [-0.4, -0.2) is 21.0 Å². The first kappa shape index (κ1) is 10.6. The quantitative estimate of drug-likeness (QED) is 0.774. The Morgan fingerprint density at radius 2 is 1.93 bits per heavy atom. The summed E-state index contributed by atoms with van der Waals surface area (Å²) >= 11 is 0. The predicted octanol–water partition coefficient (Wildman–Crippen LogP) is 1.46. The van der Waals surface area contributed by atoms with E-state index in [1.165, 1.54) is 0 Å². The molecule has 1 heterocycles. The first-order valence-electron chi connectivity index (χ1n) is 4.40. The lowest BCUT2D eigenvalue weighted by Crippen LogP contribution is -2.30. The van der Waals surface area contributed by atoms with Gasteiger partial charge in [-0.25, -0.2) is 9.97 Å². The third-order valence-corrected chi connectivity index (χ3v) is 2.14. The molecule has 4 nitrogen and oxygen atoms in total. The number of nitrogens with zero attached hydrogens (tertiary/aromatic N) is 2. The van der Waals surface area contributed by atoms with Crippen LogP contribution in [0.2, 0.25) is 0 Å². The standard InChI is InChI=1S/C10H14N2O2/c1-6-5-8(12-7(2)11-6)10(3,4)9(13)14/h5H,1-4H3,(H,13,14). The van der Waals surface area contributed by atoms with Crippen LogP contribution in [0.25, 0.3) is 0 Å². The monoisotopic (exact) mass is 194 g/mol. The zero-order chi connectivity index (χ0) is 10.9. The normalized spacial score (nSPS) is 11.4. The van der Waals surface area contributed by atoms with Crippen molar-refractivity contribution in [3.63, 3.8) is 0 Å². The summed E-state index contributed by atoms with van der Waals surface area (Å²) in [5.74, 6) is -0.274.